The molecule has 2 rings (SSSR count). The van der Waals surface area contributed by atoms with E-state index in [4.69, 9.17) is 17.3 Å². The summed E-state index contributed by atoms with van der Waals surface area (Å²) in [5.74, 6) is 0. The first-order valence-electron chi connectivity index (χ1n) is 5.47. The molecule has 2 aromatic heterocycles. The highest BCUT2D eigenvalue weighted by atomic mass is 35.5. The van der Waals surface area contributed by atoms with Crippen molar-refractivity contribution in [3.05, 3.63) is 40.9 Å². The summed E-state index contributed by atoms with van der Waals surface area (Å²) >= 11 is 5.79. The van der Waals surface area contributed by atoms with Crippen LogP contribution in [0.5, 0.6) is 0 Å². The maximum atomic E-state index is 6.14. The lowest BCUT2D eigenvalue weighted by molar-refractivity contribution is 0.541. The van der Waals surface area contributed by atoms with Crippen LogP contribution in [-0.4, -0.2) is 20.0 Å². The lowest BCUT2D eigenvalue weighted by Gasteiger charge is -2.12. The Morgan fingerprint density at radius 2 is 2.24 bits per heavy atom. The molecule has 0 aliphatic rings. The first-order chi connectivity index (χ1) is 8.22. The molecule has 0 radical (unpaired) electrons. The molecule has 1 unspecified atom stereocenters. The van der Waals surface area contributed by atoms with E-state index in [-0.39, 0.29) is 6.04 Å². The van der Waals surface area contributed by atoms with Crippen molar-refractivity contribution >= 4 is 11.6 Å². The van der Waals surface area contributed by atoms with Gasteiger partial charge in [0.25, 0.3) is 0 Å². The van der Waals surface area contributed by atoms with Gasteiger partial charge in [-0.1, -0.05) is 23.7 Å². The van der Waals surface area contributed by atoms with Gasteiger partial charge in [0, 0.05) is 12.7 Å². The SMILES string of the molecule is CCCn1nncc1C(N)c1ccc(Cl)cn1. The van der Waals surface area contributed by atoms with E-state index in [1.807, 2.05) is 6.07 Å². The van der Waals surface area contributed by atoms with Crippen molar-refractivity contribution in [3.8, 4) is 0 Å². The molecule has 0 amide bonds. The number of hydrogen-bond donors (Lipinski definition) is 1. The lowest BCUT2D eigenvalue weighted by Crippen LogP contribution is -2.18. The minimum atomic E-state index is -0.325. The van der Waals surface area contributed by atoms with Crippen LogP contribution in [0.1, 0.15) is 30.8 Å². The smallest absolute Gasteiger partial charge is 0.0913 e. The molecule has 1 atom stereocenters. The summed E-state index contributed by atoms with van der Waals surface area (Å²) in [7, 11) is 0. The first-order valence-corrected chi connectivity index (χ1v) is 5.85. The summed E-state index contributed by atoms with van der Waals surface area (Å²) in [5, 5.41) is 8.49. The van der Waals surface area contributed by atoms with Crippen LogP contribution in [0.2, 0.25) is 5.02 Å². The van der Waals surface area contributed by atoms with E-state index in [1.54, 1.807) is 23.1 Å². The van der Waals surface area contributed by atoms with Gasteiger partial charge in [-0.05, 0) is 18.6 Å². The third-order valence-electron chi connectivity index (χ3n) is 2.47. The van der Waals surface area contributed by atoms with Crippen LogP contribution < -0.4 is 5.73 Å². The second kappa shape index (κ2) is 5.25. The average molecular weight is 252 g/mol. The molecule has 0 fully saturated rings. The largest absolute Gasteiger partial charge is 0.318 e. The standard InChI is InChI=1S/C11H14ClN5/c1-2-5-17-10(7-15-16-17)11(13)9-4-3-8(12)6-14-9/h3-4,6-7,11H,2,5,13H2,1H3. The van der Waals surface area contributed by atoms with E-state index in [0.29, 0.717) is 5.02 Å². The van der Waals surface area contributed by atoms with Gasteiger partial charge in [-0.25, -0.2) is 4.68 Å². The number of nitrogens with two attached hydrogens (primary N) is 1. The summed E-state index contributed by atoms with van der Waals surface area (Å²) in [4.78, 5) is 4.21. The Morgan fingerprint density at radius 3 is 2.88 bits per heavy atom. The van der Waals surface area contributed by atoms with E-state index in [2.05, 4.69) is 22.2 Å². The van der Waals surface area contributed by atoms with Crippen LogP contribution in [0, 0.1) is 0 Å². The van der Waals surface area contributed by atoms with Crippen molar-refractivity contribution in [3.63, 3.8) is 0 Å². The van der Waals surface area contributed by atoms with Crippen LogP contribution in [0.15, 0.2) is 24.5 Å². The molecule has 17 heavy (non-hydrogen) atoms. The predicted molar refractivity (Wildman–Crippen MR) is 65.6 cm³/mol. The van der Waals surface area contributed by atoms with E-state index < -0.39 is 0 Å². The second-order valence-corrected chi connectivity index (χ2v) is 4.20. The number of pyridine rings is 1. The van der Waals surface area contributed by atoms with Crippen LogP contribution in [-0.2, 0) is 6.54 Å². The molecule has 0 aliphatic carbocycles. The molecule has 2 N–H and O–H groups in total. The van der Waals surface area contributed by atoms with Gasteiger partial charge < -0.3 is 5.73 Å². The number of nitrogens with zero attached hydrogens (tertiary/aromatic N) is 4. The van der Waals surface area contributed by atoms with Crippen LogP contribution in [0.4, 0.5) is 0 Å². The molecule has 0 aromatic carbocycles. The monoisotopic (exact) mass is 251 g/mol. The Balaban J connectivity index is 2.26. The Hall–Kier alpha value is -1.46. The highest BCUT2D eigenvalue weighted by molar-refractivity contribution is 6.30. The quantitative estimate of drug-likeness (QED) is 0.899. The second-order valence-electron chi connectivity index (χ2n) is 3.76. The number of aryl methyl sites for hydroxylation is 1. The zero-order valence-corrected chi connectivity index (χ0v) is 10.3. The molecule has 0 bridgehead atoms. The summed E-state index contributed by atoms with van der Waals surface area (Å²) in [6, 6.07) is 3.27. The highest BCUT2D eigenvalue weighted by Gasteiger charge is 2.15. The third-order valence-corrected chi connectivity index (χ3v) is 2.69. The Labute approximate surface area is 105 Å². The summed E-state index contributed by atoms with van der Waals surface area (Å²) in [6.45, 7) is 2.88. The molecule has 5 nitrogen and oxygen atoms in total. The molecule has 0 aliphatic heterocycles. The van der Waals surface area contributed by atoms with Crippen molar-refractivity contribution < 1.29 is 0 Å². The topological polar surface area (TPSA) is 69.6 Å². The Kier molecular flexibility index (Phi) is 3.71. The molecule has 2 aromatic rings. The van der Waals surface area contributed by atoms with Crippen molar-refractivity contribution in [1.82, 2.24) is 20.0 Å². The average Bonchev–Trinajstić information content (AvgIpc) is 2.78. The fourth-order valence-corrected chi connectivity index (χ4v) is 1.73. The number of hydrogen-bond acceptors (Lipinski definition) is 4. The van der Waals surface area contributed by atoms with E-state index in [1.165, 1.54) is 0 Å². The van der Waals surface area contributed by atoms with Gasteiger partial charge >= 0.3 is 0 Å². The predicted octanol–water partition coefficient (Wildman–Crippen LogP) is 1.78. The molecular formula is C11H14ClN5. The highest BCUT2D eigenvalue weighted by Crippen LogP contribution is 2.18. The molecule has 6 heteroatoms. The lowest BCUT2D eigenvalue weighted by atomic mass is 10.1. The van der Waals surface area contributed by atoms with Crippen LogP contribution >= 0.6 is 11.6 Å². The van der Waals surface area contributed by atoms with Gasteiger partial charge in [-0.15, -0.1) is 5.10 Å². The van der Waals surface area contributed by atoms with Gasteiger partial charge in [0.1, 0.15) is 0 Å². The van der Waals surface area contributed by atoms with Crippen molar-refractivity contribution in [2.45, 2.75) is 25.9 Å². The molecular weight excluding hydrogens is 238 g/mol. The third kappa shape index (κ3) is 2.62. The van der Waals surface area contributed by atoms with Gasteiger partial charge in [-0.3, -0.25) is 4.98 Å². The Bertz CT molecular complexity index is 479. The fourth-order valence-electron chi connectivity index (χ4n) is 1.61. The maximum absolute atomic E-state index is 6.14. The van der Waals surface area contributed by atoms with Crippen molar-refractivity contribution in [2.75, 3.05) is 0 Å². The van der Waals surface area contributed by atoms with Gasteiger partial charge in [-0.2, -0.15) is 0 Å². The van der Waals surface area contributed by atoms with Crippen molar-refractivity contribution in [1.29, 1.82) is 0 Å². The van der Waals surface area contributed by atoms with Crippen LogP contribution in [0.25, 0.3) is 0 Å². The molecule has 0 saturated heterocycles. The van der Waals surface area contributed by atoms with Crippen LogP contribution in [0.3, 0.4) is 0 Å². The summed E-state index contributed by atoms with van der Waals surface area (Å²) in [5.41, 5.74) is 7.76. The molecule has 2 heterocycles. The van der Waals surface area contributed by atoms with E-state index in [0.717, 1.165) is 24.4 Å². The minimum absolute atomic E-state index is 0.325. The number of rotatable bonds is 4. The summed E-state index contributed by atoms with van der Waals surface area (Å²) in [6.07, 6.45) is 4.25. The first kappa shape index (κ1) is 12.0. The number of halogens is 1. The van der Waals surface area contributed by atoms with E-state index in [9.17, 15) is 0 Å². The summed E-state index contributed by atoms with van der Waals surface area (Å²) < 4.78 is 1.81. The van der Waals surface area contributed by atoms with Crippen molar-refractivity contribution in [2.24, 2.45) is 5.73 Å². The molecule has 0 saturated carbocycles. The zero-order valence-electron chi connectivity index (χ0n) is 9.55. The normalized spacial score (nSPS) is 12.6. The van der Waals surface area contributed by atoms with E-state index >= 15 is 0 Å². The van der Waals surface area contributed by atoms with Gasteiger partial charge in [0.15, 0.2) is 0 Å². The molecule has 90 valence electrons. The van der Waals surface area contributed by atoms with Gasteiger partial charge in [0.2, 0.25) is 0 Å². The maximum Gasteiger partial charge on any atom is 0.0913 e. The Morgan fingerprint density at radius 1 is 1.41 bits per heavy atom. The van der Waals surface area contributed by atoms with Gasteiger partial charge in [0.05, 0.1) is 28.6 Å². The molecule has 0 spiro atoms. The zero-order chi connectivity index (χ0) is 12.3. The number of aromatic nitrogens is 4. The minimum Gasteiger partial charge on any atom is -0.318 e. The fraction of sp³-hybridized carbons (Fsp3) is 0.364.